The minimum absolute atomic E-state index is 0. The molecule has 0 atom stereocenters. The van der Waals surface area contributed by atoms with Gasteiger partial charge < -0.3 is 0 Å². The van der Waals surface area contributed by atoms with Crippen LogP contribution in [0.1, 0.15) is 178 Å². The first-order valence-corrected chi connectivity index (χ1v) is 43.1. The fraction of sp³-hybridized carbons (Fsp3) is 0.246. The Bertz CT molecular complexity index is 5860. The lowest BCUT2D eigenvalue weighted by Gasteiger charge is -2.21. The average Bonchev–Trinajstić information content (AvgIpc) is 0.766. The Balaban J connectivity index is 0.000000240. The van der Waals surface area contributed by atoms with Crippen LogP contribution in [0.3, 0.4) is 0 Å². The van der Waals surface area contributed by atoms with Gasteiger partial charge in [0.2, 0.25) is 0 Å². The van der Waals surface area contributed by atoms with E-state index in [9.17, 15) is 0 Å². The number of hydrogen-bond acceptors (Lipinski definition) is 0. The topological polar surface area (TPSA) is 0 Å². The molecule has 0 saturated heterocycles. The van der Waals surface area contributed by atoms with Gasteiger partial charge >= 0.3 is 0 Å². The molecule has 2 aliphatic rings. The van der Waals surface area contributed by atoms with E-state index in [1.54, 1.807) is 0 Å². The molecule has 0 aromatic heterocycles. The summed E-state index contributed by atoms with van der Waals surface area (Å²) in [6.45, 7) is 48.6. The van der Waals surface area contributed by atoms with Gasteiger partial charge in [-0.1, -0.05) is 445 Å². The minimum Gasteiger partial charge on any atom is -0.0776 e. The maximum Gasteiger partial charge on any atom is -0.0120 e. The summed E-state index contributed by atoms with van der Waals surface area (Å²) in [4.78, 5) is 0. The van der Waals surface area contributed by atoms with Crippen molar-refractivity contribution in [1.29, 1.82) is 0 Å². The second-order valence-electron chi connectivity index (χ2n) is 32.0. The summed E-state index contributed by atoms with van der Waals surface area (Å²) in [5, 5.41) is 13.4. The quantitative estimate of drug-likeness (QED) is 0.142. The van der Waals surface area contributed by atoms with Crippen LogP contribution >= 0.6 is 0 Å². The summed E-state index contributed by atoms with van der Waals surface area (Å²) in [5.41, 5.74) is 37.5. The highest BCUT2D eigenvalue weighted by molar-refractivity contribution is 5.89. The van der Waals surface area contributed by atoms with Gasteiger partial charge in [0.25, 0.3) is 0 Å². The molecule has 0 radical (unpaired) electrons. The standard InChI is InChI=1S/2C15H14.3C12H12.2C11H10.3C9H12.2C2H6.3CH4/c1-11-5-4-7-13-10-9-12-6-2-3-8-14(12)15(11)13;1-11-6-7-13-9-8-12-4-2-3-5-14(12)15(13)10-11;1-9-3-5-12-8-10(2)4-6-11(12)7-9;1-9-3-5-11-6-4-10(2)8-12(11)7-9;1-9-5-3-8-12-10(2)6-4-7-11(9)12;1-9-5-4-7-10-6-2-3-8-11(9)10;1-9-6-7-10-4-2-3-5-11(10)8-9;1-7-4-8(2)6-9(3)5-7;2*1-7-4-5-8(2)9(3)6-7;2*1-2;;;/h2-8H,9-10H2,1H3;2-7,10H,8-9H2,1H3;3*3-8H,1-2H3;2*2-8H,1H3;3*4-6H,1-3H3;2*1-2H3;3*1H4. The zero-order valence-corrected chi connectivity index (χ0v) is 76.1. The number of rotatable bonds is 0. The summed E-state index contributed by atoms with van der Waals surface area (Å²) < 4.78 is 0. The van der Waals surface area contributed by atoms with Crippen molar-refractivity contribution in [2.24, 2.45) is 0 Å². The number of benzene rings is 17. The molecule has 0 unspecified atom stereocenters. The lowest BCUT2D eigenvalue weighted by Crippen LogP contribution is -2.04. The van der Waals surface area contributed by atoms with E-state index in [1.165, 1.54) is 230 Å². The van der Waals surface area contributed by atoms with E-state index >= 15 is 0 Å². The first-order chi connectivity index (χ1) is 57.3. The average molecular weight is 1610 g/mol. The van der Waals surface area contributed by atoms with Crippen molar-refractivity contribution in [3.63, 3.8) is 0 Å². The number of fused-ring (bicyclic) bond motifs is 11. The molecule has 0 nitrogen and oxygen atoms in total. The first kappa shape index (κ1) is 101. The van der Waals surface area contributed by atoms with E-state index in [4.69, 9.17) is 0 Å². The largest absolute Gasteiger partial charge is 0.0776 e. The molecular weight excluding hydrogens is 1470 g/mol. The van der Waals surface area contributed by atoms with Crippen molar-refractivity contribution in [3.05, 3.63) is 462 Å². The second-order valence-corrected chi connectivity index (χ2v) is 32.0. The zero-order valence-electron chi connectivity index (χ0n) is 76.1. The van der Waals surface area contributed by atoms with Crippen LogP contribution in [0.2, 0.25) is 0 Å². The maximum atomic E-state index is 2.31. The highest BCUT2D eigenvalue weighted by Crippen LogP contribution is 2.37. The molecule has 2 aliphatic carbocycles. The summed E-state index contributed by atoms with van der Waals surface area (Å²) in [5.74, 6) is 0. The molecule has 0 saturated carbocycles. The molecular formula is C122H144. The number of hydrogen-bond donors (Lipinski definition) is 0. The van der Waals surface area contributed by atoms with Crippen LogP contribution in [0.5, 0.6) is 0 Å². The Morgan fingerprint density at radius 2 is 0.426 bits per heavy atom. The van der Waals surface area contributed by atoms with Gasteiger partial charge in [0.05, 0.1) is 0 Å². The SMILES string of the molecule is C.C.C.CC.CC.Cc1cc(C)cc(C)c1.Cc1ccc(C)c(C)c1.Cc1ccc(C)c(C)c1.Cc1ccc2c(c1)-c1ccccc1CC2.Cc1ccc2cc(C)ccc2c1.Cc1ccc2ccc(C)cc2c1.Cc1ccc2ccccc2c1.Cc1cccc2c(C)cccc12.Cc1cccc2c1-c1ccccc1CC2.Cc1cccc2ccccc12. The molecule has 0 heterocycles. The lowest BCUT2D eigenvalue weighted by atomic mass is 9.83. The fourth-order valence-corrected chi connectivity index (χ4v) is 15.3. The van der Waals surface area contributed by atoms with Crippen LogP contribution in [0, 0.1) is 132 Å². The van der Waals surface area contributed by atoms with E-state index in [1.807, 2.05) is 27.7 Å². The highest BCUT2D eigenvalue weighted by Gasteiger charge is 2.17. The molecule has 0 N–H and O–H groups in total. The Morgan fingerprint density at radius 3 is 0.877 bits per heavy atom. The van der Waals surface area contributed by atoms with Crippen LogP contribution in [0.15, 0.2) is 334 Å². The van der Waals surface area contributed by atoms with Gasteiger partial charge in [-0.2, -0.15) is 0 Å². The van der Waals surface area contributed by atoms with Crippen LogP contribution in [-0.4, -0.2) is 0 Å². The van der Waals surface area contributed by atoms with E-state index in [2.05, 4.69) is 465 Å². The summed E-state index contributed by atoms with van der Waals surface area (Å²) in [6.07, 6.45) is 4.75. The van der Waals surface area contributed by atoms with Gasteiger partial charge in [0, 0.05) is 0 Å². The van der Waals surface area contributed by atoms with Gasteiger partial charge in [-0.05, 0) is 300 Å². The van der Waals surface area contributed by atoms with Crippen molar-refractivity contribution >= 4 is 53.9 Å². The normalized spacial score (nSPS) is 10.4. The van der Waals surface area contributed by atoms with Gasteiger partial charge in [-0.25, -0.2) is 0 Å². The Morgan fingerprint density at radius 1 is 0.148 bits per heavy atom. The van der Waals surface area contributed by atoms with Crippen LogP contribution in [0.25, 0.3) is 76.1 Å². The van der Waals surface area contributed by atoms with Gasteiger partial charge in [0.1, 0.15) is 0 Å². The molecule has 0 fully saturated rings. The molecule has 122 heavy (non-hydrogen) atoms. The van der Waals surface area contributed by atoms with Crippen LogP contribution in [0.4, 0.5) is 0 Å². The Kier molecular flexibility index (Phi) is 42.0. The van der Waals surface area contributed by atoms with E-state index in [0.717, 1.165) is 0 Å². The maximum absolute atomic E-state index is 2.31. The third kappa shape index (κ3) is 30.3. The molecule has 0 bridgehead atoms. The van der Waals surface area contributed by atoms with Crippen molar-refractivity contribution < 1.29 is 0 Å². The molecule has 0 amide bonds. The summed E-state index contributed by atoms with van der Waals surface area (Å²) in [6, 6.07) is 119. The third-order valence-corrected chi connectivity index (χ3v) is 21.8. The predicted octanol–water partition coefficient (Wildman–Crippen LogP) is 36.0. The monoisotopic (exact) mass is 1610 g/mol. The van der Waals surface area contributed by atoms with E-state index < -0.39 is 0 Å². The molecule has 19 rings (SSSR count). The van der Waals surface area contributed by atoms with E-state index in [-0.39, 0.29) is 22.3 Å². The van der Waals surface area contributed by atoms with Crippen molar-refractivity contribution in [3.8, 4) is 22.3 Å². The first-order valence-electron chi connectivity index (χ1n) is 43.1. The van der Waals surface area contributed by atoms with Gasteiger partial charge in [0.15, 0.2) is 0 Å². The van der Waals surface area contributed by atoms with Crippen molar-refractivity contribution in [2.45, 2.75) is 207 Å². The van der Waals surface area contributed by atoms with Gasteiger partial charge in [-0.15, -0.1) is 0 Å². The van der Waals surface area contributed by atoms with Crippen LogP contribution in [-0.2, 0) is 25.7 Å². The van der Waals surface area contributed by atoms with Crippen molar-refractivity contribution in [1.82, 2.24) is 0 Å². The van der Waals surface area contributed by atoms with Crippen LogP contribution < -0.4 is 0 Å². The third-order valence-electron chi connectivity index (χ3n) is 21.8. The molecule has 0 spiro atoms. The zero-order chi connectivity index (χ0) is 86.1. The lowest BCUT2D eigenvalue weighted by molar-refractivity contribution is 0.939. The fourth-order valence-electron chi connectivity index (χ4n) is 15.3. The van der Waals surface area contributed by atoms with Gasteiger partial charge in [-0.3, -0.25) is 0 Å². The highest BCUT2D eigenvalue weighted by atomic mass is 14.2. The molecule has 17 aromatic carbocycles. The summed E-state index contributed by atoms with van der Waals surface area (Å²) >= 11 is 0. The molecule has 0 heteroatoms. The Labute approximate surface area is 739 Å². The Hall–Kier alpha value is -12.0. The summed E-state index contributed by atoms with van der Waals surface area (Å²) in [7, 11) is 0. The van der Waals surface area contributed by atoms with Crippen molar-refractivity contribution in [2.75, 3.05) is 0 Å². The predicted molar refractivity (Wildman–Crippen MR) is 551 cm³/mol. The second kappa shape index (κ2) is 51.0. The smallest absolute Gasteiger partial charge is 0.0120 e. The molecule has 0 aliphatic heterocycles. The van der Waals surface area contributed by atoms with E-state index in [0.29, 0.717) is 0 Å². The molecule has 632 valence electrons. The minimum atomic E-state index is 0. The number of aryl methyl sites for hydroxylation is 23. The molecule has 17 aromatic rings.